The molecule has 0 heterocycles. The molecule has 150 valence electrons. The Labute approximate surface area is 168 Å². The lowest BCUT2D eigenvalue weighted by Crippen LogP contribution is -2.68. The number of ketones is 2. The Morgan fingerprint density at radius 3 is 2.59 bits per heavy atom. The van der Waals surface area contributed by atoms with E-state index in [1.165, 1.54) is 0 Å². The van der Waals surface area contributed by atoms with Crippen LogP contribution >= 0.6 is 15.9 Å². The molecule has 0 aromatic heterocycles. The second-order valence-electron chi connectivity index (χ2n) is 9.61. The summed E-state index contributed by atoms with van der Waals surface area (Å²) in [7, 11) is 0. The smallest absolute Gasteiger partial charge is 0.190 e. The molecular weight excluding hydrogens is 412 g/mol. The lowest BCUT2D eigenvalue weighted by molar-refractivity contribution is -0.174. The summed E-state index contributed by atoms with van der Waals surface area (Å²) in [5, 5.41) is 32.0. The van der Waals surface area contributed by atoms with E-state index < -0.39 is 33.8 Å². The van der Waals surface area contributed by atoms with Crippen molar-refractivity contribution < 1.29 is 24.9 Å². The zero-order valence-corrected chi connectivity index (χ0v) is 17.6. The van der Waals surface area contributed by atoms with Crippen molar-refractivity contribution >= 4 is 27.5 Å². The van der Waals surface area contributed by atoms with Gasteiger partial charge in [-0.1, -0.05) is 35.4 Å². The van der Waals surface area contributed by atoms with Gasteiger partial charge in [0.15, 0.2) is 11.6 Å². The molecule has 4 rings (SSSR count). The highest BCUT2D eigenvalue weighted by molar-refractivity contribution is 9.10. The van der Waals surface area contributed by atoms with Crippen LogP contribution in [0.15, 0.2) is 11.6 Å². The molecule has 0 spiro atoms. The van der Waals surface area contributed by atoms with Crippen LogP contribution in [-0.2, 0) is 9.59 Å². The quantitative estimate of drug-likeness (QED) is 0.572. The minimum Gasteiger partial charge on any atom is -0.392 e. The topological polar surface area (TPSA) is 94.8 Å². The first-order valence-electron chi connectivity index (χ1n) is 10.0. The average molecular weight is 441 g/mol. The Hall–Kier alpha value is -0.560. The number of aliphatic hydroxyl groups is 3. The van der Waals surface area contributed by atoms with Gasteiger partial charge in [0, 0.05) is 17.3 Å². The Bertz CT molecular complexity index is 734. The van der Waals surface area contributed by atoms with Crippen molar-refractivity contribution in [2.45, 2.75) is 74.8 Å². The number of halogens is 1. The van der Waals surface area contributed by atoms with E-state index in [2.05, 4.69) is 22.9 Å². The predicted octanol–water partition coefficient (Wildman–Crippen LogP) is 2.30. The maximum absolute atomic E-state index is 12.4. The number of fused-ring (bicyclic) bond motifs is 5. The number of rotatable bonds is 2. The summed E-state index contributed by atoms with van der Waals surface area (Å²) >= 11 is 3.99. The Morgan fingerprint density at radius 1 is 1.22 bits per heavy atom. The van der Waals surface area contributed by atoms with Gasteiger partial charge in [-0.25, -0.2) is 0 Å². The Kier molecular flexibility index (Phi) is 4.37. The molecule has 4 aliphatic rings. The number of alkyl halides is 1. The molecule has 0 bridgehead atoms. The summed E-state index contributed by atoms with van der Waals surface area (Å²) in [4.78, 5) is 24.4. The van der Waals surface area contributed by atoms with Crippen molar-refractivity contribution in [2.24, 2.45) is 22.7 Å². The van der Waals surface area contributed by atoms with E-state index in [0.717, 1.165) is 18.4 Å². The summed E-state index contributed by atoms with van der Waals surface area (Å²) in [5.41, 5.74) is -1.53. The minimum atomic E-state index is -1.58. The fraction of sp³-hybridized carbons (Fsp3) is 0.810. The normalized spacial score (nSPS) is 51.9. The molecule has 0 saturated heterocycles. The molecule has 3 N–H and O–H groups in total. The maximum atomic E-state index is 12.4. The summed E-state index contributed by atoms with van der Waals surface area (Å²) in [5.74, 6) is -0.192. The zero-order valence-electron chi connectivity index (χ0n) is 16.0. The predicted molar refractivity (Wildman–Crippen MR) is 103 cm³/mol. The fourth-order valence-corrected chi connectivity index (χ4v) is 8.33. The highest BCUT2D eigenvalue weighted by Crippen LogP contribution is 2.71. The molecular formula is C21H29BrO5. The number of hydrogen-bond donors (Lipinski definition) is 3. The molecule has 4 aliphatic carbocycles. The number of carbonyl (C=O) groups is 2. The van der Waals surface area contributed by atoms with Crippen molar-refractivity contribution in [3.63, 3.8) is 0 Å². The molecule has 0 aromatic rings. The van der Waals surface area contributed by atoms with Gasteiger partial charge in [0.2, 0.25) is 0 Å². The molecule has 0 aromatic carbocycles. The first-order valence-corrected chi connectivity index (χ1v) is 10.8. The first-order chi connectivity index (χ1) is 12.5. The second kappa shape index (κ2) is 5.97. The lowest BCUT2D eigenvalue weighted by atomic mass is 9.45. The van der Waals surface area contributed by atoms with Crippen LogP contribution in [0.3, 0.4) is 0 Å². The standard InChI is InChI=1S/C21H29BrO5/c1-18-7-5-13(24)9-12(18)3-4-15-14-6-8-20(27,17(26)11-23)19(14,2)10-16(25)21(15,18)22/h9,14-16,23,25,27H,3-8,10-11H2,1-2H3/t14-,15-,16?,18-,19-,20-,21-/m0/s1. The number of hydrogen-bond acceptors (Lipinski definition) is 5. The van der Waals surface area contributed by atoms with Crippen molar-refractivity contribution in [3.8, 4) is 0 Å². The average Bonchev–Trinajstić information content (AvgIpc) is 2.88. The Balaban J connectivity index is 1.80. The lowest BCUT2D eigenvalue weighted by Gasteiger charge is -2.65. The first kappa shape index (κ1) is 19.7. The van der Waals surface area contributed by atoms with Crippen LogP contribution < -0.4 is 0 Å². The fourth-order valence-electron chi connectivity index (χ4n) is 7.16. The van der Waals surface area contributed by atoms with Crippen molar-refractivity contribution in [2.75, 3.05) is 6.61 Å². The molecule has 0 aliphatic heterocycles. The van der Waals surface area contributed by atoms with Gasteiger partial charge in [-0.15, -0.1) is 0 Å². The van der Waals surface area contributed by atoms with E-state index >= 15 is 0 Å². The molecule has 6 heteroatoms. The van der Waals surface area contributed by atoms with Crippen LogP contribution in [-0.4, -0.2) is 49.5 Å². The molecule has 5 nitrogen and oxygen atoms in total. The summed E-state index contributed by atoms with van der Waals surface area (Å²) in [6, 6.07) is 0. The molecule has 3 fully saturated rings. The minimum absolute atomic E-state index is 0.0804. The van der Waals surface area contributed by atoms with Gasteiger partial charge < -0.3 is 15.3 Å². The van der Waals surface area contributed by atoms with Gasteiger partial charge in [-0.05, 0) is 56.4 Å². The maximum Gasteiger partial charge on any atom is 0.190 e. The zero-order chi connectivity index (χ0) is 19.8. The van der Waals surface area contributed by atoms with Crippen LogP contribution in [0.1, 0.15) is 58.8 Å². The Morgan fingerprint density at radius 2 is 1.93 bits per heavy atom. The van der Waals surface area contributed by atoms with E-state index in [9.17, 15) is 24.9 Å². The van der Waals surface area contributed by atoms with E-state index in [-0.39, 0.29) is 23.0 Å². The van der Waals surface area contributed by atoms with Gasteiger partial charge in [-0.2, -0.15) is 0 Å². The molecule has 0 radical (unpaired) electrons. The number of aliphatic hydroxyl groups excluding tert-OH is 2. The number of Topliss-reactive ketones (excluding diaryl/α,β-unsaturated/α-hetero) is 1. The van der Waals surface area contributed by atoms with Crippen LogP contribution in [0.4, 0.5) is 0 Å². The highest BCUT2D eigenvalue weighted by atomic mass is 79.9. The van der Waals surface area contributed by atoms with Gasteiger partial charge in [-0.3, -0.25) is 9.59 Å². The molecule has 1 unspecified atom stereocenters. The van der Waals surface area contributed by atoms with Crippen LogP contribution in [0, 0.1) is 22.7 Å². The van der Waals surface area contributed by atoms with Gasteiger partial charge >= 0.3 is 0 Å². The van der Waals surface area contributed by atoms with Crippen molar-refractivity contribution in [3.05, 3.63) is 11.6 Å². The van der Waals surface area contributed by atoms with E-state index in [1.807, 2.05) is 6.92 Å². The van der Waals surface area contributed by atoms with E-state index in [0.29, 0.717) is 32.1 Å². The second-order valence-corrected chi connectivity index (χ2v) is 10.9. The van der Waals surface area contributed by atoms with Gasteiger partial charge in [0.05, 0.1) is 10.4 Å². The molecule has 7 atom stereocenters. The summed E-state index contributed by atoms with van der Waals surface area (Å²) < 4.78 is -0.567. The van der Waals surface area contributed by atoms with E-state index in [1.54, 1.807) is 6.08 Å². The number of carbonyl (C=O) groups excluding carboxylic acids is 2. The van der Waals surface area contributed by atoms with Crippen molar-refractivity contribution in [1.82, 2.24) is 0 Å². The van der Waals surface area contributed by atoms with E-state index in [4.69, 9.17) is 0 Å². The van der Waals surface area contributed by atoms with Gasteiger partial charge in [0.1, 0.15) is 12.2 Å². The summed E-state index contributed by atoms with van der Waals surface area (Å²) in [6.07, 6.45) is 5.20. The molecule has 3 saturated carbocycles. The van der Waals surface area contributed by atoms with Crippen LogP contribution in [0.2, 0.25) is 0 Å². The third kappa shape index (κ3) is 2.21. The number of allylic oxidation sites excluding steroid dienone is 1. The third-order valence-corrected chi connectivity index (χ3v) is 10.8. The molecule has 27 heavy (non-hydrogen) atoms. The van der Waals surface area contributed by atoms with Crippen LogP contribution in [0.25, 0.3) is 0 Å². The van der Waals surface area contributed by atoms with Crippen molar-refractivity contribution in [1.29, 1.82) is 0 Å². The third-order valence-electron chi connectivity index (χ3n) is 8.80. The monoisotopic (exact) mass is 440 g/mol. The van der Waals surface area contributed by atoms with Gasteiger partial charge in [0.25, 0.3) is 0 Å². The van der Waals surface area contributed by atoms with Crippen LogP contribution in [0.5, 0.6) is 0 Å². The molecule has 0 amide bonds. The highest BCUT2D eigenvalue weighted by Gasteiger charge is 2.72. The SMILES string of the molecule is C[C@]12CCC(=O)C=C1CC[C@H]1[C@@H]3CC[C@](O)(C(=O)CO)[C@@]3(C)CC(O)[C@@]12Br. The summed E-state index contributed by atoms with van der Waals surface area (Å²) in [6.45, 7) is 3.38. The largest absolute Gasteiger partial charge is 0.392 e.